The lowest BCUT2D eigenvalue weighted by atomic mass is 10.1. The molecule has 4 heteroatoms. The minimum absolute atomic E-state index is 0.103. The highest BCUT2D eigenvalue weighted by Gasteiger charge is 2.28. The molecule has 1 atom stereocenters. The molecule has 1 aliphatic carbocycles. The Morgan fingerprint density at radius 2 is 1.75 bits per heavy atom. The van der Waals surface area contributed by atoms with Crippen LogP contribution < -0.4 is 5.73 Å². The Bertz CT molecular complexity index is 241. The van der Waals surface area contributed by atoms with Crippen LogP contribution >= 0.6 is 0 Å². The first-order valence-corrected chi connectivity index (χ1v) is 6.47. The van der Waals surface area contributed by atoms with E-state index in [-0.39, 0.29) is 11.9 Å². The molecule has 0 aromatic rings. The molecule has 1 aliphatic heterocycles. The van der Waals surface area contributed by atoms with Crippen molar-refractivity contribution in [2.75, 3.05) is 26.2 Å². The average molecular weight is 225 g/mol. The van der Waals surface area contributed by atoms with E-state index in [1.165, 1.54) is 25.7 Å². The molecule has 1 amide bonds. The molecule has 1 saturated carbocycles. The van der Waals surface area contributed by atoms with Gasteiger partial charge in [-0.2, -0.15) is 0 Å². The van der Waals surface area contributed by atoms with Crippen molar-refractivity contribution in [3.8, 4) is 0 Å². The third-order valence-electron chi connectivity index (χ3n) is 3.86. The molecule has 2 N–H and O–H groups in total. The maximum Gasteiger partial charge on any atom is 0.239 e. The van der Waals surface area contributed by atoms with E-state index in [2.05, 4.69) is 4.90 Å². The van der Waals surface area contributed by atoms with E-state index in [9.17, 15) is 4.79 Å². The van der Waals surface area contributed by atoms with Crippen LogP contribution in [0.4, 0.5) is 0 Å². The number of carbonyl (C=O) groups excluding carboxylic acids is 1. The summed E-state index contributed by atoms with van der Waals surface area (Å²) in [6.07, 6.45) is 5.45. The van der Waals surface area contributed by atoms with Crippen molar-refractivity contribution in [3.05, 3.63) is 0 Å². The van der Waals surface area contributed by atoms with Crippen LogP contribution in [0.3, 0.4) is 0 Å². The predicted molar refractivity (Wildman–Crippen MR) is 64.1 cm³/mol. The molecule has 0 aromatic carbocycles. The van der Waals surface area contributed by atoms with Gasteiger partial charge >= 0.3 is 0 Å². The number of amides is 1. The second-order valence-electron chi connectivity index (χ2n) is 5.09. The van der Waals surface area contributed by atoms with Crippen molar-refractivity contribution in [1.29, 1.82) is 0 Å². The number of carbonyl (C=O) groups is 1. The zero-order chi connectivity index (χ0) is 11.5. The Morgan fingerprint density at radius 3 is 2.25 bits per heavy atom. The molecule has 4 nitrogen and oxygen atoms in total. The van der Waals surface area contributed by atoms with Gasteiger partial charge in [-0.3, -0.25) is 9.69 Å². The monoisotopic (exact) mass is 225 g/mol. The van der Waals surface area contributed by atoms with Crippen LogP contribution in [0.5, 0.6) is 0 Å². The second-order valence-corrected chi connectivity index (χ2v) is 5.09. The first-order chi connectivity index (χ1) is 7.68. The largest absolute Gasteiger partial charge is 0.339 e. The van der Waals surface area contributed by atoms with Gasteiger partial charge in [0.15, 0.2) is 0 Å². The number of hydrogen-bond donors (Lipinski definition) is 1. The Morgan fingerprint density at radius 1 is 1.19 bits per heavy atom. The molecule has 2 fully saturated rings. The third-order valence-corrected chi connectivity index (χ3v) is 3.86. The zero-order valence-electron chi connectivity index (χ0n) is 10.2. The number of nitrogens with zero attached hydrogens (tertiary/aromatic N) is 2. The standard InChI is InChI=1S/C12H23N3O/c1-10(13)12(16)15-8-6-14(7-9-15)11-4-2-3-5-11/h10-11H,2-9,13H2,1H3/t10-/m0/s1. The van der Waals surface area contributed by atoms with Gasteiger partial charge in [0.2, 0.25) is 5.91 Å². The Balaban J connectivity index is 1.80. The van der Waals surface area contributed by atoms with Crippen LogP contribution in [0.1, 0.15) is 32.6 Å². The van der Waals surface area contributed by atoms with Gasteiger partial charge in [-0.05, 0) is 19.8 Å². The lowest BCUT2D eigenvalue weighted by molar-refractivity contribution is -0.134. The summed E-state index contributed by atoms with van der Waals surface area (Å²) in [6, 6.07) is 0.436. The van der Waals surface area contributed by atoms with Crippen LogP contribution in [0.2, 0.25) is 0 Å². The zero-order valence-corrected chi connectivity index (χ0v) is 10.2. The molecule has 92 valence electrons. The van der Waals surface area contributed by atoms with Crippen molar-refractivity contribution in [2.45, 2.75) is 44.7 Å². The van der Waals surface area contributed by atoms with Gasteiger partial charge in [0, 0.05) is 32.2 Å². The lowest BCUT2D eigenvalue weighted by Gasteiger charge is -2.38. The van der Waals surface area contributed by atoms with E-state index in [1.807, 2.05) is 4.90 Å². The van der Waals surface area contributed by atoms with E-state index < -0.39 is 0 Å². The topological polar surface area (TPSA) is 49.6 Å². The predicted octanol–water partition coefficient (Wildman–Crippen LogP) is 0.420. The molecular formula is C12H23N3O. The first kappa shape index (κ1) is 11.9. The highest BCUT2D eigenvalue weighted by Crippen LogP contribution is 2.24. The maximum atomic E-state index is 11.7. The minimum Gasteiger partial charge on any atom is -0.339 e. The van der Waals surface area contributed by atoms with Gasteiger partial charge in [0.25, 0.3) is 0 Å². The maximum absolute atomic E-state index is 11.7. The van der Waals surface area contributed by atoms with Crippen molar-refractivity contribution in [3.63, 3.8) is 0 Å². The van der Waals surface area contributed by atoms with Gasteiger partial charge in [-0.1, -0.05) is 12.8 Å². The minimum atomic E-state index is -0.349. The summed E-state index contributed by atoms with van der Waals surface area (Å²) in [5.74, 6) is 0.103. The Kier molecular flexibility index (Phi) is 3.82. The number of rotatable bonds is 2. The highest BCUT2D eigenvalue weighted by atomic mass is 16.2. The van der Waals surface area contributed by atoms with Crippen molar-refractivity contribution >= 4 is 5.91 Å². The van der Waals surface area contributed by atoms with Crippen molar-refractivity contribution < 1.29 is 4.79 Å². The molecule has 0 unspecified atom stereocenters. The lowest BCUT2D eigenvalue weighted by Crippen LogP contribution is -2.54. The summed E-state index contributed by atoms with van der Waals surface area (Å²) >= 11 is 0. The highest BCUT2D eigenvalue weighted by molar-refractivity contribution is 5.81. The fraction of sp³-hybridized carbons (Fsp3) is 0.917. The van der Waals surface area contributed by atoms with Gasteiger partial charge in [0.1, 0.15) is 0 Å². The van der Waals surface area contributed by atoms with E-state index in [0.29, 0.717) is 0 Å². The summed E-state index contributed by atoms with van der Waals surface area (Å²) in [6.45, 7) is 5.55. The van der Waals surface area contributed by atoms with Crippen LogP contribution in [-0.4, -0.2) is 54.0 Å². The molecule has 0 spiro atoms. The van der Waals surface area contributed by atoms with Gasteiger partial charge in [-0.25, -0.2) is 0 Å². The molecule has 0 radical (unpaired) electrons. The summed E-state index contributed by atoms with van der Waals surface area (Å²) in [5.41, 5.74) is 5.62. The molecule has 2 rings (SSSR count). The van der Waals surface area contributed by atoms with Gasteiger partial charge in [-0.15, -0.1) is 0 Å². The van der Waals surface area contributed by atoms with Gasteiger partial charge < -0.3 is 10.6 Å². The molecule has 0 aromatic heterocycles. The molecule has 2 aliphatic rings. The van der Waals surface area contributed by atoms with Crippen LogP contribution in [0.15, 0.2) is 0 Å². The quantitative estimate of drug-likeness (QED) is 0.741. The van der Waals surface area contributed by atoms with E-state index >= 15 is 0 Å². The smallest absolute Gasteiger partial charge is 0.239 e. The molecular weight excluding hydrogens is 202 g/mol. The van der Waals surface area contributed by atoms with Crippen LogP contribution in [0, 0.1) is 0 Å². The fourth-order valence-electron chi connectivity index (χ4n) is 2.86. The summed E-state index contributed by atoms with van der Waals surface area (Å²) < 4.78 is 0. The molecule has 16 heavy (non-hydrogen) atoms. The van der Waals surface area contributed by atoms with E-state index in [1.54, 1.807) is 6.92 Å². The Labute approximate surface area is 97.8 Å². The second kappa shape index (κ2) is 5.15. The SMILES string of the molecule is C[C@H](N)C(=O)N1CCN(C2CCCC2)CC1. The number of piperazine rings is 1. The van der Waals surface area contributed by atoms with Crippen LogP contribution in [0.25, 0.3) is 0 Å². The molecule has 0 bridgehead atoms. The molecule has 1 saturated heterocycles. The van der Waals surface area contributed by atoms with Crippen molar-refractivity contribution in [1.82, 2.24) is 9.80 Å². The Hall–Kier alpha value is -0.610. The van der Waals surface area contributed by atoms with Crippen LogP contribution in [-0.2, 0) is 4.79 Å². The van der Waals surface area contributed by atoms with Gasteiger partial charge in [0.05, 0.1) is 6.04 Å². The number of nitrogens with two attached hydrogens (primary N) is 1. The van der Waals surface area contributed by atoms with E-state index in [0.717, 1.165) is 32.2 Å². The third kappa shape index (κ3) is 2.55. The average Bonchev–Trinajstić information content (AvgIpc) is 2.81. The summed E-state index contributed by atoms with van der Waals surface area (Å²) in [7, 11) is 0. The van der Waals surface area contributed by atoms with E-state index in [4.69, 9.17) is 5.73 Å². The normalized spacial score (nSPS) is 26.0. The number of hydrogen-bond acceptors (Lipinski definition) is 3. The summed E-state index contributed by atoms with van der Waals surface area (Å²) in [5, 5.41) is 0. The summed E-state index contributed by atoms with van der Waals surface area (Å²) in [4.78, 5) is 16.2. The van der Waals surface area contributed by atoms with Crippen molar-refractivity contribution in [2.24, 2.45) is 5.73 Å². The fourth-order valence-corrected chi connectivity index (χ4v) is 2.86. The first-order valence-electron chi connectivity index (χ1n) is 6.47. The molecule has 1 heterocycles.